The maximum Gasteiger partial charge on any atom is 0.291 e. The smallest absolute Gasteiger partial charge is 0.291 e. The van der Waals surface area contributed by atoms with Crippen molar-refractivity contribution in [1.82, 2.24) is 5.32 Å². The number of hydrogen-bond donors (Lipinski definition) is 1. The number of carbonyl (C=O) groups is 1. The fourth-order valence-corrected chi connectivity index (χ4v) is 2.01. The molecule has 0 unspecified atom stereocenters. The third-order valence-corrected chi connectivity index (χ3v) is 3.58. The number of hydrogen-bond acceptors (Lipinski definition) is 3. The highest BCUT2D eigenvalue weighted by Gasteiger charge is 2.11. The Morgan fingerprint density at radius 2 is 1.86 bits per heavy atom. The van der Waals surface area contributed by atoms with Crippen molar-refractivity contribution in [3.63, 3.8) is 0 Å². The van der Waals surface area contributed by atoms with E-state index in [0.29, 0.717) is 22.2 Å². The average Bonchev–Trinajstić information content (AvgIpc) is 2.54. The summed E-state index contributed by atoms with van der Waals surface area (Å²) in [5.74, 6) is -0.368. The molecular formula is C16H14Cl2N2O2. The van der Waals surface area contributed by atoms with E-state index in [1.807, 2.05) is 30.3 Å². The summed E-state index contributed by atoms with van der Waals surface area (Å²) in [4.78, 5) is 16.3. The van der Waals surface area contributed by atoms with Crippen LogP contribution in [-0.2, 0) is 11.3 Å². The SMILES string of the molecule is COC(=NCc1ccccc1)NC(=O)c1ccc(Cl)c(Cl)c1. The first kappa shape index (κ1) is 16.3. The van der Waals surface area contributed by atoms with Crippen LogP contribution in [0.5, 0.6) is 0 Å². The minimum atomic E-state index is -0.368. The first-order valence-corrected chi connectivity index (χ1v) is 7.24. The molecule has 0 heterocycles. The molecule has 1 N–H and O–H groups in total. The van der Waals surface area contributed by atoms with Gasteiger partial charge in [0.15, 0.2) is 0 Å². The van der Waals surface area contributed by atoms with E-state index in [9.17, 15) is 4.79 Å². The normalized spacial score (nSPS) is 11.1. The van der Waals surface area contributed by atoms with Crippen molar-refractivity contribution in [3.05, 3.63) is 69.7 Å². The number of nitrogens with zero attached hydrogens (tertiary/aromatic N) is 1. The van der Waals surface area contributed by atoms with Gasteiger partial charge in [-0.1, -0.05) is 53.5 Å². The Bertz CT molecular complexity index is 688. The lowest BCUT2D eigenvalue weighted by Gasteiger charge is -2.08. The molecule has 1 amide bonds. The van der Waals surface area contributed by atoms with Gasteiger partial charge in [0.25, 0.3) is 11.9 Å². The summed E-state index contributed by atoms with van der Waals surface area (Å²) in [5.41, 5.74) is 1.39. The largest absolute Gasteiger partial charge is 0.468 e. The van der Waals surface area contributed by atoms with Gasteiger partial charge in [-0.15, -0.1) is 0 Å². The number of ether oxygens (including phenoxy) is 1. The molecule has 0 radical (unpaired) electrons. The lowest BCUT2D eigenvalue weighted by atomic mass is 10.2. The second kappa shape index (κ2) is 7.82. The first-order chi connectivity index (χ1) is 10.6. The molecule has 0 fully saturated rings. The summed E-state index contributed by atoms with van der Waals surface area (Å²) in [6, 6.07) is 14.4. The molecule has 0 spiro atoms. The number of halogens is 2. The molecule has 114 valence electrons. The Balaban J connectivity index is 2.05. The second-order valence-electron chi connectivity index (χ2n) is 4.39. The molecule has 0 saturated heterocycles. The molecular weight excluding hydrogens is 323 g/mol. The predicted octanol–water partition coefficient (Wildman–Crippen LogP) is 3.93. The number of carbonyl (C=O) groups excluding carboxylic acids is 1. The van der Waals surface area contributed by atoms with Gasteiger partial charge in [0, 0.05) is 5.56 Å². The summed E-state index contributed by atoms with van der Waals surface area (Å²) in [6.45, 7) is 0.408. The van der Waals surface area contributed by atoms with Crippen LogP contribution >= 0.6 is 23.2 Å². The van der Waals surface area contributed by atoms with E-state index < -0.39 is 0 Å². The van der Waals surface area contributed by atoms with Gasteiger partial charge in [-0.25, -0.2) is 4.99 Å². The van der Waals surface area contributed by atoms with Crippen molar-refractivity contribution >= 4 is 35.1 Å². The molecule has 22 heavy (non-hydrogen) atoms. The minimum absolute atomic E-state index is 0.139. The molecule has 0 aliphatic carbocycles. The summed E-state index contributed by atoms with van der Waals surface area (Å²) in [7, 11) is 1.44. The van der Waals surface area contributed by atoms with E-state index in [1.54, 1.807) is 12.1 Å². The van der Waals surface area contributed by atoms with Crippen LogP contribution in [0.3, 0.4) is 0 Å². The molecule has 6 heteroatoms. The van der Waals surface area contributed by atoms with Crippen LogP contribution in [0.1, 0.15) is 15.9 Å². The summed E-state index contributed by atoms with van der Waals surface area (Å²) >= 11 is 11.7. The van der Waals surface area contributed by atoms with Gasteiger partial charge in [0.2, 0.25) is 0 Å². The highest BCUT2D eigenvalue weighted by molar-refractivity contribution is 6.42. The monoisotopic (exact) mass is 336 g/mol. The number of benzene rings is 2. The summed E-state index contributed by atoms with van der Waals surface area (Å²) in [6.07, 6.45) is 0. The van der Waals surface area contributed by atoms with Crippen LogP contribution in [0.25, 0.3) is 0 Å². The van der Waals surface area contributed by atoms with Crippen LogP contribution in [-0.4, -0.2) is 19.0 Å². The number of amidine groups is 1. The number of nitrogens with one attached hydrogen (secondary N) is 1. The van der Waals surface area contributed by atoms with Crippen LogP contribution in [0.2, 0.25) is 10.0 Å². The molecule has 0 atom stereocenters. The highest BCUT2D eigenvalue weighted by Crippen LogP contribution is 2.22. The zero-order chi connectivity index (χ0) is 15.9. The Morgan fingerprint density at radius 1 is 1.14 bits per heavy atom. The van der Waals surface area contributed by atoms with Gasteiger partial charge < -0.3 is 4.74 Å². The van der Waals surface area contributed by atoms with Gasteiger partial charge in [-0.2, -0.15) is 0 Å². The van der Waals surface area contributed by atoms with Gasteiger partial charge in [0.1, 0.15) is 0 Å². The number of rotatable bonds is 3. The Kier molecular flexibility index (Phi) is 5.81. The molecule has 4 nitrogen and oxygen atoms in total. The lowest BCUT2D eigenvalue weighted by molar-refractivity contribution is 0.0968. The standard InChI is InChI=1S/C16H14Cl2N2O2/c1-22-16(19-10-11-5-3-2-4-6-11)20-15(21)12-7-8-13(17)14(18)9-12/h2-9H,10H2,1H3,(H,19,20,21). The topological polar surface area (TPSA) is 50.7 Å². The lowest BCUT2D eigenvalue weighted by Crippen LogP contribution is -2.31. The zero-order valence-electron chi connectivity index (χ0n) is 11.8. The van der Waals surface area contributed by atoms with E-state index >= 15 is 0 Å². The molecule has 2 aromatic carbocycles. The zero-order valence-corrected chi connectivity index (χ0v) is 13.4. The molecule has 2 aromatic rings. The van der Waals surface area contributed by atoms with Gasteiger partial charge in [-0.05, 0) is 23.8 Å². The van der Waals surface area contributed by atoms with Gasteiger partial charge in [-0.3, -0.25) is 10.1 Å². The molecule has 0 saturated carbocycles. The quantitative estimate of drug-likeness (QED) is 0.682. The molecule has 0 aliphatic rings. The van der Waals surface area contributed by atoms with E-state index in [2.05, 4.69) is 10.3 Å². The average molecular weight is 337 g/mol. The van der Waals surface area contributed by atoms with Gasteiger partial charge >= 0.3 is 0 Å². The maximum atomic E-state index is 12.1. The van der Waals surface area contributed by atoms with Crippen LogP contribution in [0.4, 0.5) is 0 Å². The first-order valence-electron chi connectivity index (χ1n) is 6.49. The van der Waals surface area contributed by atoms with Crippen molar-refractivity contribution < 1.29 is 9.53 Å². The molecule has 0 bridgehead atoms. The van der Waals surface area contributed by atoms with Crippen molar-refractivity contribution in [2.24, 2.45) is 4.99 Å². The minimum Gasteiger partial charge on any atom is -0.468 e. The fourth-order valence-electron chi connectivity index (χ4n) is 1.71. The van der Waals surface area contributed by atoms with E-state index in [4.69, 9.17) is 27.9 Å². The van der Waals surface area contributed by atoms with Crippen molar-refractivity contribution in [3.8, 4) is 0 Å². The number of methoxy groups -OCH3 is 1. The Hall–Kier alpha value is -2.04. The van der Waals surface area contributed by atoms with Crippen molar-refractivity contribution in [2.75, 3.05) is 7.11 Å². The Morgan fingerprint density at radius 3 is 2.50 bits per heavy atom. The maximum absolute atomic E-state index is 12.1. The molecule has 0 aliphatic heterocycles. The van der Waals surface area contributed by atoms with Crippen LogP contribution in [0, 0.1) is 0 Å². The van der Waals surface area contributed by atoms with E-state index in [1.165, 1.54) is 13.2 Å². The molecule has 2 rings (SSSR count). The summed E-state index contributed by atoms with van der Waals surface area (Å²) < 4.78 is 5.08. The van der Waals surface area contributed by atoms with Gasteiger partial charge in [0.05, 0.1) is 23.7 Å². The van der Waals surface area contributed by atoms with E-state index in [-0.39, 0.29) is 11.9 Å². The number of amides is 1. The third kappa shape index (κ3) is 4.48. The third-order valence-electron chi connectivity index (χ3n) is 2.84. The van der Waals surface area contributed by atoms with Crippen LogP contribution < -0.4 is 5.32 Å². The number of aliphatic imine (C=N–C) groups is 1. The van der Waals surface area contributed by atoms with Crippen molar-refractivity contribution in [1.29, 1.82) is 0 Å². The molecule has 0 aromatic heterocycles. The van der Waals surface area contributed by atoms with E-state index in [0.717, 1.165) is 5.56 Å². The second-order valence-corrected chi connectivity index (χ2v) is 5.21. The van der Waals surface area contributed by atoms with Crippen molar-refractivity contribution in [2.45, 2.75) is 6.54 Å². The predicted molar refractivity (Wildman–Crippen MR) is 88.5 cm³/mol. The van der Waals surface area contributed by atoms with Crippen LogP contribution in [0.15, 0.2) is 53.5 Å². The highest BCUT2D eigenvalue weighted by atomic mass is 35.5. The fraction of sp³-hybridized carbons (Fsp3) is 0.125. The summed E-state index contributed by atoms with van der Waals surface area (Å²) in [5, 5.41) is 3.29. The Labute approximate surface area is 138 Å².